The van der Waals surface area contributed by atoms with Gasteiger partial charge >= 0.3 is 11.9 Å². The van der Waals surface area contributed by atoms with Crippen molar-refractivity contribution >= 4 is 11.9 Å². The lowest BCUT2D eigenvalue weighted by Gasteiger charge is -2.05. The summed E-state index contributed by atoms with van der Waals surface area (Å²) in [6.07, 6.45) is 0.454. The molecule has 0 aliphatic rings. The van der Waals surface area contributed by atoms with Crippen LogP contribution in [0, 0.1) is 0 Å². The van der Waals surface area contributed by atoms with E-state index in [2.05, 4.69) is 10.3 Å². The second kappa shape index (κ2) is 4.89. The van der Waals surface area contributed by atoms with Crippen molar-refractivity contribution in [1.29, 1.82) is 0 Å². The largest absolute Gasteiger partial charge is 0.478 e. The molecule has 1 heterocycles. The molecule has 0 saturated heterocycles. The zero-order chi connectivity index (χ0) is 14.0. The number of hydrogen-bond acceptors (Lipinski definition) is 4. The fourth-order valence-corrected chi connectivity index (χ4v) is 1.74. The van der Waals surface area contributed by atoms with E-state index in [1.54, 1.807) is 19.1 Å². The quantitative estimate of drug-likeness (QED) is 0.857. The van der Waals surface area contributed by atoms with Crippen LogP contribution in [0.25, 0.3) is 5.69 Å². The molecule has 2 rings (SSSR count). The normalized spacial score (nSPS) is 10.4. The molecule has 98 valence electrons. The fraction of sp³-hybridized carbons (Fsp3) is 0.167. The molecule has 0 fully saturated rings. The minimum absolute atomic E-state index is 0.0928. The highest BCUT2D eigenvalue weighted by Crippen LogP contribution is 2.14. The van der Waals surface area contributed by atoms with E-state index in [4.69, 9.17) is 10.2 Å². The van der Waals surface area contributed by atoms with E-state index >= 15 is 0 Å². The Morgan fingerprint density at radius 1 is 1.16 bits per heavy atom. The summed E-state index contributed by atoms with van der Waals surface area (Å²) in [5.74, 6) is -2.16. The SMILES string of the molecule is CCc1c(C(=O)O)nnn1-c1ccc(C(=O)O)cc1. The summed E-state index contributed by atoms with van der Waals surface area (Å²) < 4.78 is 1.40. The molecule has 0 saturated carbocycles. The zero-order valence-corrected chi connectivity index (χ0v) is 10.1. The average Bonchev–Trinajstić information content (AvgIpc) is 2.82. The van der Waals surface area contributed by atoms with Crippen molar-refractivity contribution in [2.75, 3.05) is 0 Å². The summed E-state index contributed by atoms with van der Waals surface area (Å²) in [7, 11) is 0. The number of rotatable bonds is 4. The number of hydrogen-bond donors (Lipinski definition) is 2. The van der Waals surface area contributed by atoms with Gasteiger partial charge in [0.1, 0.15) is 0 Å². The van der Waals surface area contributed by atoms with Gasteiger partial charge in [0.25, 0.3) is 0 Å². The summed E-state index contributed by atoms with van der Waals surface area (Å²) in [6, 6.07) is 5.98. The Labute approximate surface area is 108 Å². The van der Waals surface area contributed by atoms with E-state index in [0.29, 0.717) is 17.8 Å². The standard InChI is InChI=1S/C12H11N3O4/c1-2-9-10(12(18)19)13-14-15(9)8-5-3-7(4-6-8)11(16)17/h3-6H,2H2,1H3,(H,16,17)(H,18,19). The molecule has 0 spiro atoms. The third-order valence-corrected chi connectivity index (χ3v) is 2.66. The molecule has 1 aromatic carbocycles. The van der Waals surface area contributed by atoms with E-state index in [9.17, 15) is 9.59 Å². The van der Waals surface area contributed by atoms with Crippen molar-refractivity contribution in [3.63, 3.8) is 0 Å². The van der Waals surface area contributed by atoms with E-state index in [1.165, 1.54) is 16.8 Å². The van der Waals surface area contributed by atoms with Gasteiger partial charge in [0.05, 0.1) is 16.9 Å². The maximum absolute atomic E-state index is 11.0. The molecule has 0 bridgehead atoms. The van der Waals surface area contributed by atoms with Crippen LogP contribution in [0.4, 0.5) is 0 Å². The van der Waals surface area contributed by atoms with Crippen LogP contribution in [0.5, 0.6) is 0 Å². The number of carboxylic acid groups (broad SMARTS) is 2. The third-order valence-electron chi connectivity index (χ3n) is 2.66. The van der Waals surface area contributed by atoms with E-state index in [-0.39, 0.29) is 11.3 Å². The predicted molar refractivity (Wildman–Crippen MR) is 64.7 cm³/mol. The lowest BCUT2D eigenvalue weighted by molar-refractivity contribution is 0.0681. The van der Waals surface area contributed by atoms with Crippen LogP contribution in [-0.4, -0.2) is 37.1 Å². The second-order valence-corrected chi connectivity index (χ2v) is 3.81. The minimum Gasteiger partial charge on any atom is -0.478 e. The first-order valence-electron chi connectivity index (χ1n) is 5.56. The Kier molecular flexibility index (Phi) is 3.28. The van der Waals surface area contributed by atoms with Crippen LogP contribution in [0.2, 0.25) is 0 Å². The van der Waals surface area contributed by atoms with Gasteiger partial charge in [-0.3, -0.25) is 0 Å². The maximum atomic E-state index is 11.0. The zero-order valence-electron chi connectivity index (χ0n) is 10.1. The Morgan fingerprint density at radius 3 is 2.26 bits per heavy atom. The van der Waals surface area contributed by atoms with Gasteiger partial charge < -0.3 is 10.2 Å². The van der Waals surface area contributed by atoms with Crippen molar-refractivity contribution in [3.8, 4) is 5.69 Å². The Morgan fingerprint density at radius 2 is 1.79 bits per heavy atom. The van der Waals surface area contributed by atoms with Crippen molar-refractivity contribution in [2.24, 2.45) is 0 Å². The smallest absolute Gasteiger partial charge is 0.358 e. The van der Waals surface area contributed by atoms with Crippen LogP contribution in [0.3, 0.4) is 0 Å². The third kappa shape index (κ3) is 2.30. The molecule has 0 radical (unpaired) electrons. The van der Waals surface area contributed by atoms with Gasteiger partial charge in [-0.2, -0.15) is 0 Å². The molecule has 0 amide bonds. The monoisotopic (exact) mass is 261 g/mol. The molecule has 19 heavy (non-hydrogen) atoms. The minimum atomic E-state index is -1.13. The topological polar surface area (TPSA) is 105 Å². The van der Waals surface area contributed by atoms with Gasteiger partial charge in [0, 0.05) is 0 Å². The Balaban J connectivity index is 2.47. The molecular formula is C12H11N3O4. The molecule has 2 aromatic rings. The first kappa shape index (κ1) is 12.7. The molecule has 0 atom stereocenters. The highest BCUT2D eigenvalue weighted by Gasteiger charge is 2.18. The highest BCUT2D eigenvalue weighted by atomic mass is 16.4. The highest BCUT2D eigenvalue weighted by molar-refractivity contribution is 5.88. The number of aromatic carboxylic acids is 2. The van der Waals surface area contributed by atoms with Crippen molar-refractivity contribution < 1.29 is 19.8 Å². The summed E-state index contributed by atoms with van der Waals surface area (Å²) in [6.45, 7) is 1.80. The van der Waals surface area contributed by atoms with Gasteiger partial charge in [0.15, 0.2) is 5.69 Å². The first-order chi connectivity index (χ1) is 9.04. The molecule has 7 nitrogen and oxygen atoms in total. The number of benzene rings is 1. The van der Waals surface area contributed by atoms with Gasteiger partial charge in [-0.25, -0.2) is 14.3 Å². The number of aromatic nitrogens is 3. The Bertz CT molecular complexity index is 631. The average molecular weight is 261 g/mol. The van der Waals surface area contributed by atoms with E-state index in [0.717, 1.165) is 0 Å². The molecule has 0 unspecified atom stereocenters. The van der Waals surface area contributed by atoms with Crippen LogP contribution in [0.1, 0.15) is 33.5 Å². The van der Waals surface area contributed by atoms with Crippen molar-refractivity contribution in [1.82, 2.24) is 15.0 Å². The number of carboxylic acids is 2. The Hall–Kier alpha value is -2.70. The molecular weight excluding hydrogens is 250 g/mol. The van der Waals surface area contributed by atoms with Crippen LogP contribution in [0.15, 0.2) is 24.3 Å². The first-order valence-corrected chi connectivity index (χ1v) is 5.56. The molecule has 2 N–H and O–H groups in total. The number of nitrogens with zero attached hydrogens (tertiary/aromatic N) is 3. The van der Waals surface area contributed by atoms with Gasteiger partial charge in [-0.1, -0.05) is 12.1 Å². The van der Waals surface area contributed by atoms with Crippen LogP contribution < -0.4 is 0 Å². The van der Waals surface area contributed by atoms with Gasteiger partial charge in [-0.15, -0.1) is 5.10 Å². The predicted octanol–water partition coefficient (Wildman–Crippen LogP) is 1.23. The van der Waals surface area contributed by atoms with Crippen LogP contribution in [-0.2, 0) is 6.42 Å². The molecule has 1 aromatic heterocycles. The number of carbonyl (C=O) groups is 2. The van der Waals surface area contributed by atoms with E-state index in [1.807, 2.05) is 0 Å². The van der Waals surface area contributed by atoms with Crippen LogP contribution >= 0.6 is 0 Å². The maximum Gasteiger partial charge on any atom is 0.358 e. The summed E-state index contributed by atoms with van der Waals surface area (Å²) in [4.78, 5) is 21.7. The van der Waals surface area contributed by atoms with Crippen molar-refractivity contribution in [2.45, 2.75) is 13.3 Å². The van der Waals surface area contributed by atoms with Gasteiger partial charge in [-0.05, 0) is 30.7 Å². The fourth-order valence-electron chi connectivity index (χ4n) is 1.74. The molecule has 7 heteroatoms. The summed E-state index contributed by atoms with van der Waals surface area (Å²) in [5.41, 5.74) is 1.10. The van der Waals surface area contributed by atoms with Crippen molar-refractivity contribution in [3.05, 3.63) is 41.2 Å². The molecule has 0 aliphatic carbocycles. The molecule has 0 aliphatic heterocycles. The lowest BCUT2D eigenvalue weighted by Crippen LogP contribution is -2.06. The second-order valence-electron chi connectivity index (χ2n) is 3.81. The summed E-state index contributed by atoms with van der Waals surface area (Å²) in [5, 5.41) is 25.2. The summed E-state index contributed by atoms with van der Waals surface area (Å²) >= 11 is 0. The van der Waals surface area contributed by atoms with Gasteiger partial charge in [0.2, 0.25) is 0 Å². The van der Waals surface area contributed by atoms with E-state index < -0.39 is 11.9 Å². The lowest BCUT2D eigenvalue weighted by atomic mass is 10.2.